The third-order valence-electron chi connectivity index (χ3n) is 3.15. The molecule has 0 spiro atoms. The van der Waals surface area contributed by atoms with Gasteiger partial charge < -0.3 is 9.47 Å². The predicted octanol–water partition coefficient (Wildman–Crippen LogP) is 4.17. The molecule has 2 aromatic carbocycles. The summed E-state index contributed by atoms with van der Waals surface area (Å²) in [5.41, 5.74) is -0.902. The van der Waals surface area contributed by atoms with Gasteiger partial charge in [-0.1, -0.05) is 24.3 Å². The van der Waals surface area contributed by atoms with E-state index in [1.165, 1.54) is 50.6 Å². The zero-order valence-electron chi connectivity index (χ0n) is 11.9. The summed E-state index contributed by atoms with van der Waals surface area (Å²) in [6.45, 7) is 0. The largest absolute Gasteiger partial charge is 0.496 e. The molecule has 2 rings (SSSR count). The summed E-state index contributed by atoms with van der Waals surface area (Å²) < 4.78 is 49.5. The van der Waals surface area contributed by atoms with E-state index in [1.807, 2.05) is 0 Å². The molecule has 0 aromatic heterocycles. The Bertz CT molecular complexity index is 693. The summed E-state index contributed by atoms with van der Waals surface area (Å²) in [7, 11) is 2.50. The summed E-state index contributed by atoms with van der Waals surface area (Å²) in [5, 5.41) is 0. The number of hydrogen-bond acceptors (Lipinski definition) is 3. The third kappa shape index (κ3) is 2.90. The van der Waals surface area contributed by atoms with Gasteiger partial charge in [0.25, 0.3) is 0 Å². The molecule has 0 unspecified atom stereocenters. The highest BCUT2D eigenvalue weighted by molar-refractivity contribution is 5.99. The van der Waals surface area contributed by atoms with Gasteiger partial charge >= 0.3 is 12.1 Å². The van der Waals surface area contributed by atoms with Gasteiger partial charge in [0.1, 0.15) is 5.75 Å². The lowest BCUT2D eigenvalue weighted by Crippen LogP contribution is -2.10. The Labute approximate surface area is 125 Å². The standard InChI is InChI=1S/C16H13F3O3/c1-21-13-9-5-7-11(15(20)22-2)14(13)10-6-3-4-8-12(10)16(17,18)19/h3-9H,1-2H3. The Hall–Kier alpha value is -2.50. The van der Waals surface area contributed by atoms with E-state index < -0.39 is 17.7 Å². The maximum atomic E-state index is 13.2. The van der Waals surface area contributed by atoms with Crippen molar-refractivity contribution in [2.75, 3.05) is 14.2 Å². The second-order valence-corrected chi connectivity index (χ2v) is 4.42. The Morgan fingerprint density at radius 3 is 2.27 bits per heavy atom. The van der Waals surface area contributed by atoms with Gasteiger partial charge in [-0.25, -0.2) is 4.79 Å². The van der Waals surface area contributed by atoms with Crippen LogP contribution in [0.4, 0.5) is 13.2 Å². The van der Waals surface area contributed by atoms with Gasteiger partial charge in [-0.15, -0.1) is 0 Å². The molecule has 0 atom stereocenters. The van der Waals surface area contributed by atoms with Crippen molar-refractivity contribution < 1.29 is 27.4 Å². The number of carbonyl (C=O) groups excluding carboxylic acids is 1. The van der Waals surface area contributed by atoms with Crippen LogP contribution in [0.5, 0.6) is 5.75 Å². The average molecular weight is 310 g/mol. The Kier molecular flexibility index (Phi) is 4.40. The number of alkyl halides is 3. The fraction of sp³-hybridized carbons (Fsp3) is 0.188. The van der Waals surface area contributed by atoms with E-state index in [1.54, 1.807) is 0 Å². The van der Waals surface area contributed by atoms with Crippen LogP contribution in [0.2, 0.25) is 0 Å². The van der Waals surface area contributed by atoms with E-state index in [0.717, 1.165) is 6.07 Å². The van der Waals surface area contributed by atoms with Crippen molar-refractivity contribution in [2.45, 2.75) is 6.18 Å². The first-order valence-corrected chi connectivity index (χ1v) is 6.32. The van der Waals surface area contributed by atoms with Gasteiger partial charge in [-0.3, -0.25) is 0 Å². The van der Waals surface area contributed by atoms with Crippen molar-refractivity contribution in [2.24, 2.45) is 0 Å². The normalized spacial score (nSPS) is 11.1. The van der Waals surface area contributed by atoms with Crippen LogP contribution in [0.3, 0.4) is 0 Å². The van der Waals surface area contributed by atoms with E-state index in [9.17, 15) is 18.0 Å². The number of esters is 1. The molecule has 0 fully saturated rings. The van der Waals surface area contributed by atoms with Gasteiger partial charge in [0.05, 0.1) is 25.3 Å². The van der Waals surface area contributed by atoms with Crippen LogP contribution in [0.1, 0.15) is 15.9 Å². The summed E-state index contributed by atoms with van der Waals surface area (Å²) in [6, 6.07) is 9.43. The van der Waals surface area contributed by atoms with Crippen LogP contribution < -0.4 is 4.74 Å². The summed E-state index contributed by atoms with van der Waals surface area (Å²) >= 11 is 0. The predicted molar refractivity (Wildman–Crippen MR) is 74.8 cm³/mol. The summed E-state index contributed by atoms with van der Waals surface area (Å²) in [6.07, 6.45) is -4.55. The van der Waals surface area contributed by atoms with Crippen molar-refractivity contribution in [1.29, 1.82) is 0 Å². The van der Waals surface area contributed by atoms with Crippen LogP contribution in [-0.4, -0.2) is 20.2 Å². The average Bonchev–Trinajstić information content (AvgIpc) is 2.52. The first-order valence-electron chi connectivity index (χ1n) is 6.32. The van der Waals surface area contributed by atoms with Crippen molar-refractivity contribution in [3.63, 3.8) is 0 Å². The van der Waals surface area contributed by atoms with Gasteiger partial charge in [0, 0.05) is 5.56 Å². The van der Waals surface area contributed by atoms with Gasteiger partial charge in [0.15, 0.2) is 0 Å². The molecular weight excluding hydrogens is 297 g/mol. The molecule has 0 aliphatic rings. The number of ether oxygens (including phenoxy) is 2. The molecule has 22 heavy (non-hydrogen) atoms. The van der Waals surface area contributed by atoms with Crippen molar-refractivity contribution in [3.8, 4) is 16.9 Å². The fourth-order valence-electron chi connectivity index (χ4n) is 2.21. The van der Waals surface area contributed by atoms with E-state index in [2.05, 4.69) is 4.74 Å². The van der Waals surface area contributed by atoms with Crippen molar-refractivity contribution in [3.05, 3.63) is 53.6 Å². The lowest BCUT2D eigenvalue weighted by Gasteiger charge is -2.17. The smallest absolute Gasteiger partial charge is 0.417 e. The number of methoxy groups -OCH3 is 2. The molecule has 3 nitrogen and oxygen atoms in total. The molecule has 0 saturated heterocycles. The van der Waals surface area contributed by atoms with Crippen LogP contribution in [0.25, 0.3) is 11.1 Å². The first-order chi connectivity index (χ1) is 10.4. The van der Waals surface area contributed by atoms with Crippen LogP contribution >= 0.6 is 0 Å². The fourth-order valence-corrected chi connectivity index (χ4v) is 2.21. The van der Waals surface area contributed by atoms with Gasteiger partial charge in [-0.05, 0) is 23.8 Å². The maximum absolute atomic E-state index is 13.2. The quantitative estimate of drug-likeness (QED) is 0.798. The molecular formula is C16H13F3O3. The molecule has 0 saturated carbocycles. The van der Waals surface area contributed by atoms with E-state index in [0.29, 0.717) is 0 Å². The Balaban J connectivity index is 2.80. The van der Waals surface area contributed by atoms with E-state index >= 15 is 0 Å². The molecule has 0 N–H and O–H groups in total. The van der Waals surface area contributed by atoms with E-state index in [-0.39, 0.29) is 22.4 Å². The Morgan fingerprint density at radius 1 is 1.00 bits per heavy atom. The van der Waals surface area contributed by atoms with E-state index in [4.69, 9.17) is 4.74 Å². The SMILES string of the molecule is COC(=O)c1cccc(OC)c1-c1ccccc1C(F)(F)F. The third-order valence-corrected chi connectivity index (χ3v) is 3.15. The minimum absolute atomic E-state index is 0.0125. The highest BCUT2D eigenvalue weighted by Gasteiger charge is 2.35. The van der Waals surface area contributed by atoms with Gasteiger partial charge in [0.2, 0.25) is 0 Å². The van der Waals surface area contributed by atoms with Crippen LogP contribution in [0, 0.1) is 0 Å². The molecule has 116 valence electrons. The molecule has 6 heteroatoms. The monoisotopic (exact) mass is 310 g/mol. The summed E-state index contributed by atoms with van der Waals surface area (Å²) in [4.78, 5) is 11.9. The first kappa shape index (κ1) is 15.9. The number of hydrogen-bond donors (Lipinski definition) is 0. The highest BCUT2D eigenvalue weighted by atomic mass is 19.4. The molecule has 0 aliphatic heterocycles. The molecule has 0 heterocycles. The van der Waals surface area contributed by atoms with Gasteiger partial charge in [-0.2, -0.15) is 13.2 Å². The van der Waals surface area contributed by atoms with Crippen molar-refractivity contribution in [1.82, 2.24) is 0 Å². The number of rotatable bonds is 3. The second kappa shape index (κ2) is 6.09. The lowest BCUT2D eigenvalue weighted by atomic mass is 9.94. The molecule has 0 amide bonds. The molecule has 0 bridgehead atoms. The van der Waals surface area contributed by atoms with Crippen molar-refractivity contribution >= 4 is 5.97 Å². The second-order valence-electron chi connectivity index (χ2n) is 4.42. The van der Waals surface area contributed by atoms with Crippen LogP contribution in [0.15, 0.2) is 42.5 Å². The summed E-state index contributed by atoms with van der Waals surface area (Å²) in [5.74, 6) is -0.564. The highest BCUT2D eigenvalue weighted by Crippen LogP contribution is 2.41. The topological polar surface area (TPSA) is 35.5 Å². The maximum Gasteiger partial charge on any atom is 0.417 e. The number of halogens is 3. The Morgan fingerprint density at radius 2 is 1.68 bits per heavy atom. The zero-order chi connectivity index (χ0) is 16.3. The number of carbonyl (C=O) groups is 1. The zero-order valence-corrected chi connectivity index (χ0v) is 11.9. The lowest BCUT2D eigenvalue weighted by molar-refractivity contribution is -0.137. The molecule has 0 radical (unpaired) electrons. The number of benzene rings is 2. The van der Waals surface area contributed by atoms with Crippen LogP contribution in [-0.2, 0) is 10.9 Å². The molecule has 0 aliphatic carbocycles. The minimum Gasteiger partial charge on any atom is -0.496 e. The molecule has 2 aromatic rings. The minimum atomic E-state index is -4.55.